The van der Waals surface area contributed by atoms with Crippen LogP contribution in [-0.2, 0) is 0 Å². The van der Waals surface area contributed by atoms with Crippen molar-refractivity contribution in [3.8, 4) is 0 Å². The molecule has 3 heteroatoms. The summed E-state index contributed by atoms with van der Waals surface area (Å²) in [6.45, 7) is 2.16. The molecule has 0 bridgehead atoms. The van der Waals surface area contributed by atoms with Gasteiger partial charge in [0.25, 0.3) is 0 Å². The average molecular weight is 211 g/mol. The summed E-state index contributed by atoms with van der Waals surface area (Å²) in [4.78, 5) is 1.35. The molecule has 1 fully saturated rings. The van der Waals surface area contributed by atoms with E-state index in [9.17, 15) is 5.11 Å². The number of aliphatic hydroxyl groups excluding tert-OH is 1. The number of hydrogen-bond donors (Lipinski definition) is 2. The molecule has 2 rings (SSSR count). The summed E-state index contributed by atoms with van der Waals surface area (Å²) in [5.41, 5.74) is 0. The van der Waals surface area contributed by atoms with Crippen molar-refractivity contribution in [2.45, 2.75) is 44.4 Å². The van der Waals surface area contributed by atoms with E-state index in [2.05, 4.69) is 29.8 Å². The van der Waals surface area contributed by atoms with Gasteiger partial charge in [0.05, 0.1) is 6.10 Å². The first-order valence-corrected chi connectivity index (χ1v) is 6.13. The SMILES string of the molecule is C[C@H](N[C@@H]1CCC[C@H]1O)c1cccs1. The third kappa shape index (κ3) is 2.16. The van der Waals surface area contributed by atoms with Crippen LogP contribution in [0.5, 0.6) is 0 Å². The van der Waals surface area contributed by atoms with E-state index in [0.717, 1.165) is 19.3 Å². The van der Waals surface area contributed by atoms with Crippen molar-refractivity contribution in [2.24, 2.45) is 0 Å². The summed E-state index contributed by atoms with van der Waals surface area (Å²) in [5.74, 6) is 0. The Bertz CT molecular complexity index is 273. The minimum Gasteiger partial charge on any atom is -0.392 e. The molecule has 1 saturated carbocycles. The largest absolute Gasteiger partial charge is 0.392 e. The van der Waals surface area contributed by atoms with Crippen LogP contribution in [0.25, 0.3) is 0 Å². The lowest BCUT2D eigenvalue weighted by molar-refractivity contribution is 0.144. The second-order valence-electron chi connectivity index (χ2n) is 4.01. The molecule has 0 aliphatic heterocycles. The van der Waals surface area contributed by atoms with Crippen LogP contribution in [0.15, 0.2) is 17.5 Å². The normalized spacial score (nSPS) is 29.3. The van der Waals surface area contributed by atoms with E-state index in [4.69, 9.17) is 0 Å². The van der Waals surface area contributed by atoms with Gasteiger partial charge in [-0.05, 0) is 37.6 Å². The average Bonchev–Trinajstić information content (AvgIpc) is 2.77. The van der Waals surface area contributed by atoms with Gasteiger partial charge in [0, 0.05) is 17.0 Å². The number of aliphatic hydroxyl groups is 1. The van der Waals surface area contributed by atoms with E-state index in [0.29, 0.717) is 12.1 Å². The summed E-state index contributed by atoms with van der Waals surface area (Å²) in [6, 6.07) is 4.88. The molecular weight excluding hydrogens is 194 g/mol. The van der Waals surface area contributed by atoms with Crippen LogP contribution < -0.4 is 5.32 Å². The third-order valence-electron chi connectivity index (χ3n) is 2.91. The van der Waals surface area contributed by atoms with Crippen LogP contribution >= 0.6 is 11.3 Å². The topological polar surface area (TPSA) is 32.3 Å². The smallest absolute Gasteiger partial charge is 0.0693 e. The van der Waals surface area contributed by atoms with Crippen molar-refractivity contribution in [3.05, 3.63) is 22.4 Å². The molecule has 1 aliphatic rings. The first-order valence-electron chi connectivity index (χ1n) is 5.25. The minimum atomic E-state index is -0.141. The maximum absolute atomic E-state index is 9.68. The number of thiophene rings is 1. The molecule has 14 heavy (non-hydrogen) atoms. The lowest BCUT2D eigenvalue weighted by Crippen LogP contribution is -2.36. The van der Waals surface area contributed by atoms with Crippen molar-refractivity contribution >= 4 is 11.3 Å². The zero-order valence-electron chi connectivity index (χ0n) is 8.44. The minimum absolute atomic E-state index is 0.141. The van der Waals surface area contributed by atoms with Gasteiger partial charge in [0.1, 0.15) is 0 Å². The fourth-order valence-electron chi connectivity index (χ4n) is 2.08. The van der Waals surface area contributed by atoms with E-state index < -0.39 is 0 Å². The van der Waals surface area contributed by atoms with Crippen molar-refractivity contribution < 1.29 is 5.11 Å². The van der Waals surface area contributed by atoms with Crippen molar-refractivity contribution in [2.75, 3.05) is 0 Å². The van der Waals surface area contributed by atoms with Gasteiger partial charge in [-0.25, -0.2) is 0 Å². The van der Waals surface area contributed by atoms with Crippen molar-refractivity contribution in [3.63, 3.8) is 0 Å². The van der Waals surface area contributed by atoms with Gasteiger partial charge in [-0.3, -0.25) is 0 Å². The molecule has 1 aromatic heterocycles. The third-order valence-corrected chi connectivity index (χ3v) is 3.97. The van der Waals surface area contributed by atoms with Crippen molar-refractivity contribution in [1.29, 1.82) is 0 Å². The van der Waals surface area contributed by atoms with Gasteiger partial charge in [-0.1, -0.05) is 6.07 Å². The molecule has 0 radical (unpaired) electrons. The van der Waals surface area contributed by atoms with Crippen LogP contribution in [0.4, 0.5) is 0 Å². The Kier molecular flexibility index (Phi) is 3.21. The van der Waals surface area contributed by atoms with Crippen LogP contribution in [0.2, 0.25) is 0 Å². The Balaban J connectivity index is 1.91. The molecule has 2 nitrogen and oxygen atoms in total. The molecule has 1 heterocycles. The highest BCUT2D eigenvalue weighted by Gasteiger charge is 2.26. The van der Waals surface area contributed by atoms with Gasteiger partial charge < -0.3 is 10.4 Å². The van der Waals surface area contributed by atoms with Crippen LogP contribution in [0.3, 0.4) is 0 Å². The quantitative estimate of drug-likeness (QED) is 0.804. The van der Waals surface area contributed by atoms with E-state index in [-0.39, 0.29) is 6.10 Å². The van der Waals surface area contributed by atoms with Gasteiger partial charge in [0.15, 0.2) is 0 Å². The highest BCUT2D eigenvalue weighted by molar-refractivity contribution is 7.10. The first kappa shape index (κ1) is 10.1. The maximum Gasteiger partial charge on any atom is 0.0693 e. The standard InChI is InChI=1S/C11H17NOS/c1-8(11-6-3-7-14-11)12-9-4-2-5-10(9)13/h3,6-10,12-13H,2,4-5H2,1H3/t8-,9+,10+/m0/s1. The summed E-state index contributed by atoms with van der Waals surface area (Å²) in [5, 5.41) is 15.3. The van der Waals surface area contributed by atoms with E-state index in [1.165, 1.54) is 4.88 Å². The Labute approximate surface area is 89.0 Å². The molecule has 1 aromatic rings. The zero-order chi connectivity index (χ0) is 9.97. The second kappa shape index (κ2) is 4.43. The predicted molar refractivity (Wildman–Crippen MR) is 59.5 cm³/mol. The van der Waals surface area contributed by atoms with Crippen LogP contribution in [-0.4, -0.2) is 17.3 Å². The molecule has 0 unspecified atom stereocenters. The van der Waals surface area contributed by atoms with Crippen LogP contribution in [0, 0.1) is 0 Å². The number of hydrogen-bond acceptors (Lipinski definition) is 3. The molecule has 3 atom stereocenters. The highest BCUT2D eigenvalue weighted by Crippen LogP contribution is 2.24. The zero-order valence-corrected chi connectivity index (χ0v) is 9.26. The van der Waals surface area contributed by atoms with Crippen molar-refractivity contribution in [1.82, 2.24) is 5.32 Å². The highest BCUT2D eigenvalue weighted by atomic mass is 32.1. The lowest BCUT2D eigenvalue weighted by Gasteiger charge is -2.21. The van der Waals surface area contributed by atoms with Gasteiger partial charge in [0.2, 0.25) is 0 Å². The summed E-state index contributed by atoms with van der Waals surface area (Å²) in [7, 11) is 0. The lowest BCUT2D eigenvalue weighted by atomic mass is 10.1. The van der Waals surface area contributed by atoms with Gasteiger partial charge in [-0.2, -0.15) is 0 Å². The summed E-state index contributed by atoms with van der Waals surface area (Å²) >= 11 is 1.77. The number of rotatable bonds is 3. The summed E-state index contributed by atoms with van der Waals surface area (Å²) < 4.78 is 0. The fourth-order valence-corrected chi connectivity index (χ4v) is 2.82. The number of nitrogens with one attached hydrogen (secondary N) is 1. The van der Waals surface area contributed by atoms with Gasteiger partial charge >= 0.3 is 0 Å². The Morgan fingerprint density at radius 3 is 3.00 bits per heavy atom. The monoisotopic (exact) mass is 211 g/mol. The maximum atomic E-state index is 9.68. The molecular formula is C11H17NOS. The second-order valence-corrected chi connectivity index (χ2v) is 4.99. The summed E-state index contributed by atoms with van der Waals surface area (Å²) in [6.07, 6.45) is 3.07. The predicted octanol–water partition coefficient (Wildman–Crippen LogP) is 2.31. The molecule has 0 spiro atoms. The Morgan fingerprint density at radius 1 is 1.57 bits per heavy atom. The van der Waals surface area contributed by atoms with E-state index in [1.54, 1.807) is 11.3 Å². The first-order chi connectivity index (χ1) is 6.77. The van der Waals surface area contributed by atoms with Gasteiger partial charge in [-0.15, -0.1) is 11.3 Å². The fraction of sp³-hybridized carbons (Fsp3) is 0.636. The van der Waals surface area contributed by atoms with Crippen LogP contribution in [0.1, 0.15) is 37.1 Å². The molecule has 0 aromatic carbocycles. The van der Waals surface area contributed by atoms with E-state index >= 15 is 0 Å². The van der Waals surface area contributed by atoms with E-state index in [1.807, 2.05) is 0 Å². The molecule has 2 N–H and O–H groups in total. The molecule has 0 saturated heterocycles. The molecule has 78 valence electrons. The molecule has 1 aliphatic carbocycles. The Morgan fingerprint density at radius 2 is 2.43 bits per heavy atom. The molecule has 0 amide bonds. The Hall–Kier alpha value is -0.380.